The van der Waals surface area contributed by atoms with Crippen molar-refractivity contribution in [3.05, 3.63) is 59.4 Å². The van der Waals surface area contributed by atoms with Gasteiger partial charge in [-0.3, -0.25) is 0 Å². The van der Waals surface area contributed by atoms with Crippen LogP contribution in [0.4, 0.5) is 10.1 Å². The number of aryl methyl sites for hydroxylation is 2. The topological polar surface area (TPSA) is 58.6 Å². The van der Waals surface area contributed by atoms with Crippen LogP contribution in [0, 0.1) is 12.7 Å². The number of nitrogens with zero attached hydrogens (tertiary/aromatic N) is 1. The zero-order chi connectivity index (χ0) is 19.3. The molecule has 0 aliphatic carbocycles. The van der Waals surface area contributed by atoms with E-state index in [0.29, 0.717) is 18.5 Å². The summed E-state index contributed by atoms with van der Waals surface area (Å²) in [4.78, 5) is 2.42. The van der Waals surface area contributed by atoms with Gasteiger partial charge >= 0.3 is 0 Å². The first-order valence-corrected chi connectivity index (χ1v) is 10.6. The van der Waals surface area contributed by atoms with Gasteiger partial charge in [0.2, 0.25) is 10.0 Å². The van der Waals surface area contributed by atoms with E-state index in [1.54, 1.807) is 6.92 Å². The van der Waals surface area contributed by atoms with Crippen LogP contribution in [0.5, 0.6) is 0 Å². The van der Waals surface area contributed by atoms with E-state index in [9.17, 15) is 12.8 Å². The highest BCUT2D eigenvalue weighted by Crippen LogP contribution is 2.18. The highest BCUT2D eigenvalue weighted by molar-refractivity contribution is 7.89. The lowest BCUT2D eigenvalue weighted by Crippen LogP contribution is -2.36. The second-order valence-corrected chi connectivity index (χ2v) is 8.41. The number of nitrogens with one attached hydrogen (secondary N) is 1. The summed E-state index contributed by atoms with van der Waals surface area (Å²) in [7, 11) is -3.62. The number of sulfonamides is 1. The summed E-state index contributed by atoms with van der Waals surface area (Å²) in [6, 6.07) is 12.1. The van der Waals surface area contributed by atoms with Gasteiger partial charge in [0.15, 0.2) is 0 Å². The van der Waals surface area contributed by atoms with Crippen LogP contribution in [-0.4, -0.2) is 41.3 Å². The Morgan fingerprint density at radius 1 is 1.11 bits per heavy atom. The Kier molecular flexibility index (Phi) is 6.46. The third kappa shape index (κ3) is 5.28. The summed E-state index contributed by atoms with van der Waals surface area (Å²) in [5, 5.41) is 0. The van der Waals surface area contributed by atoms with Crippen molar-refractivity contribution >= 4 is 15.7 Å². The minimum absolute atomic E-state index is 0.124. The van der Waals surface area contributed by atoms with Gasteiger partial charge in [-0.2, -0.15) is 0 Å². The van der Waals surface area contributed by atoms with Crippen molar-refractivity contribution in [1.29, 1.82) is 0 Å². The molecule has 1 fully saturated rings. The maximum Gasteiger partial charge on any atom is 0.240 e. The summed E-state index contributed by atoms with van der Waals surface area (Å²) in [6.07, 6.45) is 1.48. The maximum absolute atomic E-state index is 13.2. The average Bonchev–Trinajstić information content (AvgIpc) is 2.66. The Labute approximate surface area is 160 Å². The van der Waals surface area contributed by atoms with Crippen molar-refractivity contribution < 1.29 is 17.5 Å². The summed E-state index contributed by atoms with van der Waals surface area (Å²) in [5.74, 6) is -0.438. The standard InChI is InChI=1S/C20H25FN2O3S/c1-16-15-18(21)6-9-20(16)27(24,25)22-10-2-3-17-4-7-19(8-5-17)23-11-13-26-14-12-23/h4-9,15,22H,2-3,10-14H2,1H3. The number of ether oxygens (including phenoxy) is 1. The van der Waals surface area contributed by atoms with Gasteiger partial charge in [-0.25, -0.2) is 17.5 Å². The quantitative estimate of drug-likeness (QED) is 0.736. The molecule has 1 aliphatic heterocycles. The van der Waals surface area contributed by atoms with Crippen molar-refractivity contribution in [2.75, 3.05) is 37.7 Å². The van der Waals surface area contributed by atoms with Gasteiger partial charge in [0.05, 0.1) is 18.1 Å². The van der Waals surface area contributed by atoms with Crippen LogP contribution in [0.1, 0.15) is 17.5 Å². The Morgan fingerprint density at radius 3 is 2.48 bits per heavy atom. The fraction of sp³-hybridized carbons (Fsp3) is 0.400. The molecule has 2 aromatic rings. The number of rotatable bonds is 7. The first kappa shape index (κ1) is 19.8. The van der Waals surface area contributed by atoms with Crippen molar-refractivity contribution in [3.63, 3.8) is 0 Å². The lowest BCUT2D eigenvalue weighted by molar-refractivity contribution is 0.122. The van der Waals surface area contributed by atoms with E-state index in [1.807, 2.05) is 0 Å². The van der Waals surface area contributed by atoms with E-state index in [4.69, 9.17) is 4.74 Å². The molecule has 0 radical (unpaired) electrons. The Balaban J connectivity index is 1.49. The fourth-order valence-electron chi connectivity index (χ4n) is 3.19. The molecule has 0 unspecified atom stereocenters. The normalized spacial score (nSPS) is 15.1. The third-order valence-corrected chi connectivity index (χ3v) is 6.29. The number of hydrogen-bond donors (Lipinski definition) is 1. The van der Waals surface area contributed by atoms with Crippen LogP contribution >= 0.6 is 0 Å². The van der Waals surface area contributed by atoms with Gasteiger partial charge < -0.3 is 9.64 Å². The molecular formula is C20H25FN2O3S. The van der Waals surface area contributed by atoms with E-state index in [0.717, 1.165) is 38.8 Å². The SMILES string of the molecule is Cc1cc(F)ccc1S(=O)(=O)NCCCc1ccc(N2CCOCC2)cc1. The minimum Gasteiger partial charge on any atom is -0.378 e. The van der Waals surface area contributed by atoms with E-state index in [1.165, 1.54) is 23.4 Å². The molecule has 0 bridgehead atoms. The molecule has 0 aromatic heterocycles. The third-order valence-electron chi connectivity index (χ3n) is 4.67. The van der Waals surface area contributed by atoms with Crippen LogP contribution in [0.15, 0.2) is 47.4 Å². The van der Waals surface area contributed by atoms with Gasteiger partial charge in [0.25, 0.3) is 0 Å². The van der Waals surface area contributed by atoms with Crippen molar-refractivity contribution in [3.8, 4) is 0 Å². The van der Waals surface area contributed by atoms with E-state index >= 15 is 0 Å². The highest BCUT2D eigenvalue weighted by Gasteiger charge is 2.16. The maximum atomic E-state index is 13.2. The van der Waals surface area contributed by atoms with Crippen molar-refractivity contribution in [1.82, 2.24) is 4.72 Å². The second kappa shape index (κ2) is 8.82. The molecule has 5 nitrogen and oxygen atoms in total. The predicted molar refractivity (Wildman–Crippen MR) is 104 cm³/mol. The number of morpholine rings is 1. The van der Waals surface area contributed by atoms with Gasteiger partial charge in [0.1, 0.15) is 5.82 Å². The molecule has 1 aliphatic rings. The summed E-state index contributed by atoms with van der Waals surface area (Å²) in [6.45, 7) is 5.26. The summed E-state index contributed by atoms with van der Waals surface area (Å²) >= 11 is 0. The zero-order valence-electron chi connectivity index (χ0n) is 15.4. The van der Waals surface area contributed by atoms with E-state index in [2.05, 4.69) is 33.9 Å². The lowest BCUT2D eigenvalue weighted by Gasteiger charge is -2.28. The first-order valence-electron chi connectivity index (χ1n) is 9.13. The van der Waals surface area contributed by atoms with Crippen LogP contribution in [0.3, 0.4) is 0 Å². The van der Waals surface area contributed by atoms with Crippen LogP contribution in [0.25, 0.3) is 0 Å². The monoisotopic (exact) mass is 392 g/mol. The number of hydrogen-bond acceptors (Lipinski definition) is 4. The minimum atomic E-state index is -3.62. The van der Waals surface area contributed by atoms with Crippen LogP contribution in [-0.2, 0) is 21.2 Å². The van der Waals surface area contributed by atoms with Crippen molar-refractivity contribution in [2.45, 2.75) is 24.7 Å². The molecular weight excluding hydrogens is 367 g/mol. The number of benzene rings is 2. The largest absolute Gasteiger partial charge is 0.378 e. The molecule has 0 amide bonds. The van der Waals surface area contributed by atoms with Crippen LogP contribution < -0.4 is 9.62 Å². The van der Waals surface area contributed by atoms with Gasteiger partial charge in [0, 0.05) is 25.3 Å². The molecule has 0 saturated carbocycles. The smallest absolute Gasteiger partial charge is 0.240 e. The lowest BCUT2D eigenvalue weighted by atomic mass is 10.1. The zero-order valence-corrected chi connectivity index (χ0v) is 16.3. The molecule has 3 rings (SSSR count). The molecule has 7 heteroatoms. The van der Waals surface area contributed by atoms with Gasteiger partial charge in [-0.1, -0.05) is 12.1 Å². The Hall–Kier alpha value is -1.96. The second-order valence-electron chi connectivity index (χ2n) is 6.68. The average molecular weight is 392 g/mol. The molecule has 1 saturated heterocycles. The Bertz CT molecular complexity index is 863. The fourth-order valence-corrected chi connectivity index (χ4v) is 4.48. The summed E-state index contributed by atoms with van der Waals surface area (Å²) < 4.78 is 45.8. The van der Waals surface area contributed by atoms with Crippen LogP contribution in [0.2, 0.25) is 0 Å². The van der Waals surface area contributed by atoms with E-state index in [-0.39, 0.29) is 4.90 Å². The van der Waals surface area contributed by atoms with Gasteiger partial charge in [-0.05, 0) is 61.2 Å². The molecule has 0 spiro atoms. The molecule has 27 heavy (non-hydrogen) atoms. The van der Waals surface area contributed by atoms with E-state index < -0.39 is 15.8 Å². The molecule has 2 aromatic carbocycles. The van der Waals surface area contributed by atoms with Gasteiger partial charge in [-0.15, -0.1) is 0 Å². The first-order chi connectivity index (χ1) is 13.0. The molecule has 1 N–H and O–H groups in total. The molecule has 1 heterocycles. The molecule has 146 valence electrons. The Morgan fingerprint density at radius 2 is 1.81 bits per heavy atom. The number of anilines is 1. The predicted octanol–water partition coefficient (Wildman–Crippen LogP) is 2.88. The summed E-state index contributed by atoms with van der Waals surface area (Å²) in [5.41, 5.74) is 2.76. The highest BCUT2D eigenvalue weighted by atomic mass is 32.2. The molecule has 0 atom stereocenters. The number of halogens is 1. The van der Waals surface area contributed by atoms with Crippen molar-refractivity contribution in [2.24, 2.45) is 0 Å².